The number of phosphoric acid groups is 1. The van der Waals surface area contributed by atoms with Crippen LogP contribution in [-0.4, -0.2) is 35.9 Å². The molecule has 0 radical (unpaired) electrons. The predicted octanol–water partition coefficient (Wildman–Crippen LogP) is 0.542. The Morgan fingerprint density at radius 3 is 2.74 bits per heavy atom. The first-order valence-electron chi connectivity index (χ1n) is 7.26. The summed E-state index contributed by atoms with van der Waals surface area (Å²) in [5.74, 6) is 0.156. The number of H-pyrrole nitrogens is 1. The van der Waals surface area contributed by atoms with Gasteiger partial charge < -0.3 is 20.1 Å². The van der Waals surface area contributed by atoms with Crippen LogP contribution in [0, 0.1) is 5.92 Å². The lowest BCUT2D eigenvalue weighted by molar-refractivity contribution is 0.140. The number of aromatic nitrogens is 4. The minimum absolute atomic E-state index is 0.0482. The number of nitrogens with zero attached hydrogens (tertiary/aromatic N) is 3. The van der Waals surface area contributed by atoms with Gasteiger partial charge in [0.05, 0.1) is 12.9 Å². The molecule has 2 aromatic rings. The molecule has 3 rings (SSSR count). The van der Waals surface area contributed by atoms with Gasteiger partial charge in [-0.15, -0.1) is 0 Å². The molecule has 0 aromatic carbocycles. The van der Waals surface area contributed by atoms with E-state index in [-0.39, 0.29) is 35.6 Å². The summed E-state index contributed by atoms with van der Waals surface area (Å²) < 4.78 is 17.2. The second-order valence-corrected chi connectivity index (χ2v) is 6.98. The van der Waals surface area contributed by atoms with Gasteiger partial charge in [-0.3, -0.25) is 14.3 Å². The first kappa shape index (κ1) is 16.1. The summed E-state index contributed by atoms with van der Waals surface area (Å²) in [4.78, 5) is 39.9. The topological polar surface area (TPSA) is 156 Å². The Hall–Kier alpha value is -1.74. The van der Waals surface area contributed by atoms with E-state index >= 15 is 0 Å². The number of phosphoric ester groups is 1. The Bertz CT molecular complexity index is 804. The SMILES string of the molecule is Nc1nc2c(ncn2C2CCC(COP(=O)(O)O)CC2)c(=O)[nH]1. The first-order valence-corrected chi connectivity index (χ1v) is 8.79. The lowest BCUT2D eigenvalue weighted by Crippen LogP contribution is -2.21. The fourth-order valence-electron chi connectivity index (χ4n) is 3.00. The second kappa shape index (κ2) is 6.04. The summed E-state index contributed by atoms with van der Waals surface area (Å²) in [5, 5.41) is 0. The third-order valence-electron chi connectivity index (χ3n) is 4.14. The van der Waals surface area contributed by atoms with Crippen LogP contribution in [0.4, 0.5) is 5.95 Å². The van der Waals surface area contributed by atoms with Crippen LogP contribution in [0.1, 0.15) is 31.7 Å². The van der Waals surface area contributed by atoms with E-state index in [9.17, 15) is 9.36 Å². The van der Waals surface area contributed by atoms with Gasteiger partial charge in [0, 0.05) is 6.04 Å². The smallest absolute Gasteiger partial charge is 0.369 e. The molecule has 0 unspecified atom stereocenters. The monoisotopic (exact) mass is 343 g/mol. The molecule has 0 saturated heterocycles. The van der Waals surface area contributed by atoms with Crippen LogP contribution < -0.4 is 11.3 Å². The number of nitrogens with one attached hydrogen (secondary N) is 1. The zero-order valence-electron chi connectivity index (χ0n) is 12.3. The Labute approximate surface area is 130 Å². The zero-order valence-corrected chi connectivity index (χ0v) is 13.1. The van der Waals surface area contributed by atoms with E-state index < -0.39 is 7.82 Å². The highest BCUT2D eigenvalue weighted by Gasteiger charge is 2.26. The van der Waals surface area contributed by atoms with Gasteiger partial charge >= 0.3 is 7.82 Å². The predicted molar refractivity (Wildman–Crippen MR) is 81.6 cm³/mol. The average Bonchev–Trinajstić information content (AvgIpc) is 2.89. The van der Waals surface area contributed by atoms with Crippen molar-refractivity contribution in [3.8, 4) is 0 Å². The number of anilines is 1. The summed E-state index contributed by atoms with van der Waals surface area (Å²) in [6.07, 6.45) is 4.69. The van der Waals surface area contributed by atoms with Crippen LogP contribution in [0.15, 0.2) is 11.1 Å². The van der Waals surface area contributed by atoms with Gasteiger partial charge in [-0.25, -0.2) is 9.55 Å². The fourth-order valence-corrected chi connectivity index (χ4v) is 3.41. The number of nitrogen functional groups attached to an aromatic ring is 1. The van der Waals surface area contributed by atoms with Crippen molar-refractivity contribution in [1.82, 2.24) is 19.5 Å². The van der Waals surface area contributed by atoms with E-state index in [1.165, 1.54) is 0 Å². The van der Waals surface area contributed by atoms with Crippen molar-refractivity contribution in [2.24, 2.45) is 5.92 Å². The number of aromatic amines is 1. The van der Waals surface area contributed by atoms with Gasteiger partial charge in [0.1, 0.15) is 0 Å². The van der Waals surface area contributed by atoms with Crippen molar-refractivity contribution in [3.05, 3.63) is 16.7 Å². The molecular weight excluding hydrogens is 325 g/mol. The van der Waals surface area contributed by atoms with Gasteiger partial charge in [0.25, 0.3) is 5.56 Å². The normalized spacial score (nSPS) is 22.5. The van der Waals surface area contributed by atoms with E-state index in [2.05, 4.69) is 19.5 Å². The van der Waals surface area contributed by atoms with E-state index in [0.29, 0.717) is 5.65 Å². The number of nitrogens with two attached hydrogens (primary N) is 1. The number of hydrogen-bond acceptors (Lipinski definition) is 6. The quantitative estimate of drug-likeness (QED) is 0.586. The van der Waals surface area contributed by atoms with E-state index in [1.807, 2.05) is 4.57 Å². The molecule has 1 aliphatic rings. The van der Waals surface area contributed by atoms with Gasteiger partial charge in [0.2, 0.25) is 5.95 Å². The highest BCUT2D eigenvalue weighted by Crippen LogP contribution is 2.39. The number of hydrogen-bond donors (Lipinski definition) is 4. The Morgan fingerprint density at radius 2 is 2.09 bits per heavy atom. The van der Waals surface area contributed by atoms with Gasteiger partial charge in [-0.1, -0.05) is 0 Å². The van der Waals surface area contributed by atoms with Crippen LogP contribution >= 0.6 is 7.82 Å². The van der Waals surface area contributed by atoms with Crippen LogP contribution in [0.3, 0.4) is 0 Å². The van der Waals surface area contributed by atoms with E-state index in [0.717, 1.165) is 25.7 Å². The average molecular weight is 343 g/mol. The number of imidazole rings is 1. The summed E-state index contributed by atoms with van der Waals surface area (Å²) in [5.41, 5.74) is 5.94. The Balaban J connectivity index is 1.71. The van der Waals surface area contributed by atoms with Crippen molar-refractivity contribution >= 4 is 24.9 Å². The van der Waals surface area contributed by atoms with Crippen molar-refractivity contribution < 1.29 is 18.9 Å². The minimum Gasteiger partial charge on any atom is -0.369 e. The standard InChI is InChI=1S/C12H18N5O5P/c13-12-15-10-9(11(18)16-12)14-6-17(10)8-3-1-7(2-4-8)5-22-23(19,20)21/h6-8H,1-5H2,(H2,19,20,21)(H3,13,15,16,18). The molecule has 0 atom stereocenters. The molecule has 1 aliphatic carbocycles. The van der Waals surface area contributed by atoms with Crippen molar-refractivity contribution in [2.45, 2.75) is 31.7 Å². The molecule has 5 N–H and O–H groups in total. The van der Waals surface area contributed by atoms with Crippen LogP contribution in [-0.2, 0) is 9.09 Å². The van der Waals surface area contributed by atoms with Crippen LogP contribution in [0.5, 0.6) is 0 Å². The second-order valence-electron chi connectivity index (χ2n) is 5.74. The Morgan fingerprint density at radius 1 is 1.39 bits per heavy atom. The molecule has 0 amide bonds. The molecule has 10 nitrogen and oxygen atoms in total. The summed E-state index contributed by atoms with van der Waals surface area (Å²) in [7, 11) is -4.42. The summed E-state index contributed by atoms with van der Waals surface area (Å²) in [6, 6.07) is 0.125. The zero-order chi connectivity index (χ0) is 16.6. The van der Waals surface area contributed by atoms with Gasteiger partial charge in [0.15, 0.2) is 11.2 Å². The third kappa shape index (κ3) is 3.61. The first-order chi connectivity index (χ1) is 10.8. The highest BCUT2D eigenvalue weighted by molar-refractivity contribution is 7.46. The van der Waals surface area contributed by atoms with E-state index in [4.69, 9.17) is 15.5 Å². The molecule has 126 valence electrons. The fraction of sp³-hybridized carbons (Fsp3) is 0.583. The molecule has 1 saturated carbocycles. The molecule has 23 heavy (non-hydrogen) atoms. The Kier molecular flexibility index (Phi) is 4.24. The molecular formula is C12H18N5O5P. The van der Waals surface area contributed by atoms with Crippen LogP contribution in [0.25, 0.3) is 11.2 Å². The maximum Gasteiger partial charge on any atom is 0.469 e. The maximum absolute atomic E-state index is 11.8. The van der Waals surface area contributed by atoms with Gasteiger partial charge in [-0.05, 0) is 31.6 Å². The number of fused-ring (bicyclic) bond motifs is 1. The highest BCUT2D eigenvalue weighted by atomic mass is 31.2. The van der Waals surface area contributed by atoms with Crippen molar-refractivity contribution in [1.29, 1.82) is 0 Å². The van der Waals surface area contributed by atoms with Crippen LogP contribution in [0.2, 0.25) is 0 Å². The molecule has 1 fully saturated rings. The molecule has 0 bridgehead atoms. The maximum atomic E-state index is 11.8. The van der Waals surface area contributed by atoms with E-state index in [1.54, 1.807) is 6.33 Å². The van der Waals surface area contributed by atoms with Crippen molar-refractivity contribution in [3.63, 3.8) is 0 Å². The molecule has 2 heterocycles. The molecule has 0 spiro atoms. The lowest BCUT2D eigenvalue weighted by Gasteiger charge is -2.29. The summed E-state index contributed by atoms with van der Waals surface area (Å²) in [6.45, 7) is 0.0482. The number of rotatable bonds is 4. The molecule has 0 aliphatic heterocycles. The molecule has 11 heteroatoms. The van der Waals surface area contributed by atoms with Crippen molar-refractivity contribution in [2.75, 3.05) is 12.3 Å². The lowest BCUT2D eigenvalue weighted by atomic mass is 9.86. The minimum atomic E-state index is -4.42. The molecule has 2 aromatic heterocycles. The summed E-state index contributed by atoms with van der Waals surface area (Å²) >= 11 is 0. The third-order valence-corrected chi connectivity index (χ3v) is 4.62. The largest absolute Gasteiger partial charge is 0.469 e. The van der Waals surface area contributed by atoms with Gasteiger partial charge in [-0.2, -0.15) is 4.98 Å².